The van der Waals surface area contributed by atoms with E-state index in [1.165, 1.54) is 12.8 Å². The van der Waals surface area contributed by atoms with Gasteiger partial charge in [0.2, 0.25) is 0 Å². The highest BCUT2D eigenvalue weighted by molar-refractivity contribution is 5.66. The van der Waals surface area contributed by atoms with Crippen molar-refractivity contribution < 1.29 is 23.9 Å². The number of unbranched alkanes of at least 4 members (excludes halogenated alkanes) is 1. The number of carboxylic acid groups (broad SMARTS) is 1. The van der Waals surface area contributed by atoms with Gasteiger partial charge in [0, 0.05) is 25.2 Å². The Balaban J connectivity index is 0.000000382. The molecule has 0 fully saturated rings. The third-order valence-corrected chi connectivity index (χ3v) is 2.58. The van der Waals surface area contributed by atoms with Gasteiger partial charge in [0.15, 0.2) is 12.4 Å². The van der Waals surface area contributed by atoms with Gasteiger partial charge in [-0.05, 0) is 6.92 Å². The maximum absolute atomic E-state index is 9.98. The molecule has 0 aliphatic carbocycles. The number of carboxylic acids is 1. The SMILES string of the molecule is CCCC[n+]1ccccc1.CCOCCOCCC(=O)O. The van der Waals surface area contributed by atoms with Crippen LogP contribution in [0.5, 0.6) is 0 Å². The number of carbonyl (C=O) groups is 1. The maximum atomic E-state index is 9.98. The first-order valence-electron chi connectivity index (χ1n) is 7.52. The molecule has 5 nitrogen and oxygen atoms in total. The number of ether oxygens (including phenoxy) is 2. The summed E-state index contributed by atoms with van der Waals surface area (Å²) in [7, 11) is 0. The summed E-state index contributed by atoms with van der Waals surface area (Å²) in [5.74, 6) is -0.832. The van der Waals surface area contributed by atoms with Gasteiger partial charge in [0.25, 0.3) is 0 Å². The van der Waals surface area contributed by atoms with Crippen LogP contribution >= 0.6 is 0 Å². The molecular formula is C16H28NO4+. The molecule has 1 rings (SSSR count). The molecule has 0 aliphatic rings. The van der Waals surface area contributed by atoms with E-state index in [-0.39, 0.29) is 13.0 Å². The summed E-state index contributed by atoms with van der Waals surface area (Å²) in [6, 6.07) is 6.17. The van der Waals surface area contributed by atoms with E-state index in [1.807, 2.05) is 13.0 Å². The minimum Gasteiger partial charge on any atom is -0.481 e. The van der Waals surface area contributed by atoms with Gasteiger partial charge in [-0.3, -0.25) is 4.79 Å². The van der Waals surface area contributed by atoms with E-state index in [0.717, 1.165) is 6.54 Å². The predicted octanol–water partition coefficient (Wildman–Crippen LogP) is 2.29. The third-order valence-electron chi connectivity index (χ3n) is 2.58. The topological polar surface area (TPSA) is 59.6 Å². The van der Waals surface area contributed by atoms with Gasteiger partial charge < -0.3 is 14.6 Å². The molecule has 0 saturated heterocycles. The van der Waals surface area contributed by atoms with Crippen molar-refractivity contribution in [1.29, 1.82) is 0 Å². The van der Waals surface area contributed by atoms with Crippen molar-refractivity contribution in [1.82, 2.24) is 0 Å². The first-order valence-corrected chi connectivity index (χ1v) is 7.52. The Hall–Kier alpha value is -1.46. The lowest BCUT2D eigenvalue weighted by molar-refractivity contribution is -0.697. The van der Waals surface area contributed by atoms with Crippen LogP contribution in [0, 0.1) is 0 Å². The summed E-state index contributed by atoms with van der Waals surface area (Å²) in [4.78, 5) is 9.98. The highest BCUT2D eigenvalue weighted by Gasteiger charge is 1.95. The average molecular weight is 298 g/mol. The second-order valence-electron chi connectivity index (χ2n) is 4.42. The molecule has 0 amide bonds. The summed E-state index contributed by atoms with van der Waals surface area (Å²) in [5, 5.41) is 8.20. The average Bonchev–Trinajstić information content (AvgIpc) is 2.50. The van der Waals surface area contributed by atoms with Gasteiger partial charge in [-0.2, -0.15) is 0 Å². The van der Waals surface area contributed by atoms with Crippen molar-refractivity contribution in [3.05, 3.63) is 30.6 Å². The maximum Gasteiger partial charge on any atom is 0.305 e. The van der Waals surface area contributed by atoms with Crippen molar-refractivity contribution >= 4 is 5.97 Å². The van der Waals surface area contributed by atoms with E-state index in [1.54, 1.807) is 0 Å². The number of pyridine rings is 1. The van der Waals surface area contributed by atoms with Crippen LogP contribution in [0.1, 0.15) is 33.1 Å². The Morgan fingerprint density at radius 2 is 1.71 bits per heavy atom. The molecule has 21 heavy (non-hydrogen) atoms. The zero-order valence-corrected chi connectivity index (χ0v) is 13.2. The second-order valence-corrected chi connectivity index (χ2v) is 4.42. The minimum absolute atomic E-state index is 0.0616. The fraction of sp³-hybridized carbons (Fsp3) is 0.625. The monoisotopic (exact) mass is 298 g/mol. The molecule has 120 valence electrons. The Kier molecular flexibility index (Phi) is 13.9. The number of aryl methyl sites for hydroxylation is 1. The lowest BCUT2D eigenvalue weighted by Gasteiger charge is -2.01. The summed E-state index contributed by atoms with van der Waals surface area (Å²) in [6.45, 7) is 7.21. The molecule has 1 aromatic heterocycles. The molecule has 0 atom stereocenters. The van der Waals surface area contributed by atoms with Crippen LogP contribution in [0.3, 0.4) is 0 Å². The number of aromatic nitrogens is 1. The molecule has 0 aromatic carbocycles. The summed E-state index contributed by atoms with van der Waals surface area (Å²) in [5.41, 5.74) is 0. The molecule has 1 N–H and O–H groups in total. The summed E-state index contributed by atoms with van der Waals surface area (Å²) in [6.07, 6.45) is 6.81. The summed E-state index contributed by atoms with van der Waals surface area (Å²) < 4.78 is 12.1. The van der Waals surface area contributed by atoms with Crippen LogP contribution in [-0.2, 0) is 20.8 Å². The Morgan fingerprint density at radius 3 is 2.29 bits per heavy atom. The number of aliphatic carboxylic acids is 1. The lowest BCUT2D eigenvalue weighted by atomic mass is 10.3. The predicted molar refractivity (Wildman–Crippen MR) is 81.1 cm³/mol. The fourth-order valence-corrected chi connectivity index (χ4v) is 1.45. The van der Waals surface area contributed by atoms with E-state index in [9.17, 15) is 4.79 Å². The van der Waals surface area contributed by atoms with E-state index in [2.05, 4.69) is 36.0 Å². The first kappa shape index (κ1) is 19.5. The smallest absolute Gasteiger partial charge is 0.305 e. The zero-order valence-electron chi connectivity index (χ0n) is 13.2. The van der Waals surface area contributed by atoms with E-state index in [4.69, 9.17) is 14.6 Å². The molecular weight excluding hydrogens is 270 g/mol. The van der Waals surface area contributed by atoms with Crippen LogP contribution in [-0.4, -0.2) is 37.5 Å². The fourth-order valence-electron chi connectivity index (χ4n) is 1.45. The second kappa shape index (κ2) is 14.9. The molecule has 0 radical (unpaired) electrons. The van der Waals surface area contributed by atoms with Gasteiger partial charge in [0.05, 0.1) is 26.2 Å². The van der Waals surface area contributed by atoms with Crippen LogP contribution in [0.2, 0.25) is 0 Å². The summed E-state index contributed by atoms with van der Waals surface area (Å²) >= 11 is 0. The van der Waals surface area contributed by atoms with Gasteiger partial charge in [-0.15, -0.1) is 0 Å². The van der Waals surface area contributed by atoms with Crippen molar-refractivity contribution in [2.45, 2.75) is 39.7 Å². The van der Waals surface area contributed by atoms with Gasteiger partial charge in [-0.1, -0.05) is 19.4 Å². The Morgan fingerprint density at radius 1 is 1.05 bits per heavy atom. The minimum atomic E-state index is -0.832. The number of hydrogen-bond donors (Lipinski definition) is 1. The van der Waals surface area contributed by atoms with Crippen molar-refractivity contribution in [3.63, 3.8) is 0 Å². The lowest BCUT2D eigenvalue weighted by Crippen LogP contribution is -2.31. The van der Waals surface area contributed by atoms with Crippen LogP contribution in [0.4, 0.5) is 0 Å². The number of rotatable bonds is 10. The van der Waals surface area contributed by atoms with Crippen molar-refractivity contribution in [3.8, 4) is 0 Å². The van der Waals surface area contributed by atoms with Crippen LogP contribution in [0.25, 0.3) is 0 Å². The molecule has 0 bridgehead atoms. The van der Waals surface area contributed by atoms with E-state index >= 15 is 0 Å². The van der Waals surface area contributed by atoms with Crippen LogP contribution < -0.4 is 4.57 Å². The molecule has 0 aliphatic heterocycles. The Bertz CT molecular complexity index is 343. The largest absolute Gasteiger partial charge is 0.481 e. The van der Waals surface area contributed by atoms with Gasteiger partial charge in [0.1, 0.15) is 6.54 Å². The third kappa shape index (κ3) is 14.8. The molecule has 1 aromatic rings. The quantitative estimate of drug-likeness (QED) is 0.532. The molecule has 1 heterocycles. The van der Waals surface area contributed by atoms with Gasteiger partial charge >= 0.3 is 5.97 Å². The zero-order chi connectivity index (χ0) is 15.8. The van der Waals surface area contributed by atoms with E-state index < -0.39 is 5.97 Å². The normalized spacial score (nSPS) is 9.81. The van der Waals surface area contributed by atoms with Crippen molar-refractivity contribution in [2.75, 3.05) is 26.4 Å². The molecule has 0 spiro atoms. The number of nitrogens with zero attached hydrogens (tertiary/aromatic N) is 1. The van der Waals surface area contributed by atoms with Gasteiger partial charge in [-0.25, -0.2) is 4.57 Å². The number of hydrogen-bond acceptors (Lipinski definition) is 3. The molecule has 0 saturated carbocycles. The molecule has 5 heteroatoms. The van der Waals surface area contributed by atoms with Crippen molar-refractivity contribution in [2.24, 2.45) is 0 Å². The molecule has 0 unspecified atom stereocenters. The first-order chi connectivity index (χ1) is 10.2. The van der Waals surface area contributed by atoms with Crippen LogP contribution in [0.15, 0.2) is 30.6 Å². The Labute approximate surface area is 127 Å². The highest BCUT2D eigenvalue weighted by atomic mass is 16.5. The van der Waals surface area contributed by atoms with E-state index in [0.29, 0.717) is 19.8 Å². The highest BCUT2D eigenvalue weighted by Crippen LogP contribution is 1.85. The standard InChI is InChI=1S/C9H14N.C7H14O4/c1-2-3-7-10-8-5-4-6-9-10;1-2-10-5-6-11-4-3-7(8)9/h4-6,8-9H,2-3,7H2,1H3;2-6H2,1H3,(H,8,9)/q+1;.